The lowest BCUT2D eigenvalue weighted by Gasteiger charge is -2.32. The molecule has 0 unspecified atom stereocenters. The first kappa shape index (κ1) is 13.0. The molecule has 0 aromatic carbocycles. The molecule has 1 aliphatic heterocycles. The highest BCUT2D eigenvalue weighted by Gasteiger charge is 2.35. The van der Waals surface area contributed by atoms with Crippen LogP contribution in [0.2, 0.25) is 0 Å². The van der Waals surface area contributed by atoms with Crippen molar-refractivity contribution in [2.75, 3.05) is 26.2 Å². The molecule has 1 aliphatic rings. The SMILES string of the molecule is C[C@]1(C(=O)NCCc2ccccn2)CNCCO1. The van der Waals surface area contributed by atoms with Crippen LogP contribution in [0.3, 0.4) is 0 Å². The third kappa shape index (κ3) is 3.27. The monoisotopic (exact) mass is 249 g/mol. The van der Waals surface area contributed by atoms with Gasteiger partial charge in [0.2, 0.25) is 0 Å². The molecule has 18 heavy (non-hydrogen) atoms. The van der Waals surface area contributed by atoms with E-state index in [2.05, 4.69) is 15.6 Å². The molecular weight excluding hydrogens is 230 g/mol. The van der Waals surface area contributed by atoms with Gasteiger partial charge in [0.05, 0.1) is 6.61 Å². The Bertz CT molecular complexity index is 388. The molecule has 5 heteroatoms. The van der Waals surface area contributed by atoms with Gasteiger partial charge >= 0.3 is 0 Å². The van der Waals surface area contributed by atoms with E-state index in [0.717, 1.165) is 18.7 Å². The second-order valence-electron chi connectivity index (χ2n) is 4.58. The minimum Gasteiger partial charge on any atom is -0.363 e. The first-order valence-corrected chi connectivity index (χ1v) is 6.24. The van der Waals surface area contributed by atoms with Crippen molar-refractivity contribution in [3.8, 4) is 0 Å². The Morgan fingerprint density at radius 3 is 3.17 bits per heavy atom. The average Bonchev–Trinajstić information content (AvgIpc) is 2.41. The van der Waals surface area contributed by atoms with Gasteiger partial charge in [-0.1, -0.05) is 6.07 Å². The largest absolute Gasteiger partial charge is 0.363 e. The van der Waals surface area contributed by atoms with Gasteiger partial charge < -0.3 is 15.4 Å². The zero-order valence-corrected chi connectivity index (χ0v) is 10.6. The third-order valence-corrected chi connectivity index (χ3v) is 3.03. The maximum Gasteiger partial charge on any atom is 0.253 e. The Labute approximate surface area is 107 Å². The summed E-state index contributed by atoms with van der Waals surface area (Å²) in [4.78, 5) is 16.2. The Kier molecular flexibility index (Phi) is 4.28. The maximum absolute atomic E-state index is 12.0. The molecule has 0 aliphatic carbocycles. The summed E-state index contributed by atoms with van der Waals surface area (Å²) in [5, 5.41) is 6.06. The molecule has 0 radical (unpaired) electrons. The number of pyridine rings is 1. The highest BCUT2D eigenvalue weighted by molar-refractivity contribution is 5.85. The van der Waals surface area contributed by atoms with Gasteiger partial charge in [-0.05, 0) is 19.1 Å². The van der Waals surface area contributed by atoms with Crippen molar-refractivity contribution in [2.24, 2.45) is 0 Å². The molecule has 0 bridgehead atoms. The summed E-state index contributed by atoms with van der Waals surface area (Å²) in [5.41, 5.74) is 0.230. The molecular formula is C13H19N3O2. The lowest BCUT2D eigenvalue weighted by atomic mass is 10.0. The number of amides is 1. The van der Waals surface area contributed by atoms with Gasteiger partial charge in [-0.25, -0.2) is 0 Å². The standard InChI is InChI=1S/C13H19N3O2/c1-13(10-14-8-9-18-13)12(17)16-7-5-11-4-2-3-6-15-11/h2-4,6,14H,5,7-10H2,1H3,(H,16,17)/t13-/m1/s1. The number of carbonyl (C=O) groups is 1. The van der Waals surface area contributed by atoms with E-state index in [0.29, 0.717) is 19.7 Å². The predicted octanol–water partition coefficient (Wildman–Crippen LogP) is 0.119. The topological polar surface area (TPSA) is 63.2 Å². The molecule has 1 atom stereocenters. The van der Waals surface area contributed by atoms with Gasteiger partial charge in [-0.15, -0.1) is 0 Å². The van der Waals surface area contributed by atoms with E-state index >= 15 is 0 Å². The fourth-order valence-corrected chi connectivity index (χ4v) is 1.91. The van der Waals surface area contributed by atoms with Crippen LogP contribution in [0, 0.1) is 0 Å². The van der Waals surface area contributed by atoms with Crippen LogP contribution in [0.5, 0.6) is 0 Å². The van der Waals surface area contributed by atoms with Crippen molar-refractivity contribution < 1.29 is 9.53 Å². The van der Waals surface area contributed by atoms with E-state index in [4.69, 9.17) is 4.74 Å². The number of nitrogens with zero attached hydrogens (tertiary/aromatic N) is 1. The molecule has 0 saturated carbocycles. The van der Waals surface area contributed by atoms with Crippen molar-refractivity contribution in [2.45, 2.75) is 18.9 Å². The summed E-state index contributed by atoms with van der Waals surface area (Å²) < 4.78 is 5.54. The maximum atomic E-state index is 12.0. The molecule has 1 saturated heterocycles. The number of aromatic nitrogens is 1. The predicted molar refractivity (Wildman–Crippen MR) is 68.2 cm³/mol. The van der Waals surface area contributed by atoms with Crippen molar-refractivity contribution in [1.82, 2.24) is 15.6 Å². The van der Waals surface area contributed by atoms with E-state index in [-0.39, 0.29) is 5.91 Å². The fraction of sp³-hybridized carbons (Fsp3) is 0.538. The van der Waals surface area contributed by atoms with Crippen LogP contribution < -0.4 is 10.6 Å². The first-order valence-electron chi connectivity index (χ1n) is 6.24. The normalized spacial score (nSPS) is 23.6. The zero-order valence-electron chi connectivity index (χ0n) is 10.6. The first-order chi connectivity index (χ1) is 8.71. The van der Waals surface area contributed by atoms with E-state index < -0.39 is 5.60 Å². The van der Waals surface area contributed by atoms with Crippen molar-refractivity contribution in [1.29, 1.82) is 0 Å². The highest BCUT2D eigenvalue weighted by atomic mass is 16.5. The van der Waals surface area contributed by atoms with E-state index in [1.54, 1.807) is 6.20 Å². The molecule has 5 nitrogen and oxygen atoms in total. The molecule has 2 rings (SSSR count). The number of hydrogen-bond donors (Lipinski definition) is 2. The van der Waals surface area contributed by atoms with Crippen molar-refractivity contribution >= 4 is 5.91 Å². The molecule has 2 N–H and O–H groups in total. The van der Waals surface area contributed by atoms with Crippen LogP contribution >= 0.6 is 0 Å². The van der Waals surface area contributed by atoms with Gasteiger partial charge in [0, 0.05) is 37.9 Å². The molecule has 98 valence electrons. The minimum absolute atomic E-state index is 0.0642. The molecule has 2 heterocycles. The third-order valence-electron chi connectivity index (χ3n) is 3.03. The number of morpholine rings is 1. The second-order valence-corrected chi connectivity index (χ2v) is 4.58. The molecule has 1 fully saturated rings. The van der Waals surface area contributed by atoms with Crippen LogP contribution in [0.25, 0.3) is 0 Å². The molecule has 1 amide bonds. The summed E-state index contributed by atoms with van der Waals surface area (Å²) in [7, 11) is 0. The van der Waals surface area contributed by atoms with Crippen LogP contribution in [0.15, 0.2) is 24.4 Å². The smallest absolute Gasteiger partial charge is 0.253 e. The summed E-state index contributed by atoms with van der Waals surface area (Å²) >= 11 is 0. The summed E-state index contributed by atoms with van der Waals surface area (Å²) in [5.74, 6) is -0.0642. The summed E-state index contributed by atoms with van der Waals surface area (Å²) in [6, 6.07) is 5.77. The van der Waals surface area contributed by atoms with E-state index in [1.165, 1.54) is 0 Å². The summed E-state index contributed by atoms with van der Waals surface area (Å²) in [6.45, 7) is 4.33. The minimum atomic E-state index is -0.748. The molecule has 1 aromatic rings. The van der Waals surface area contributed by atoms with Crippen LogP contribution in [-0.4, -0.2) is 42.7 Å². The van der Waals surface area contributed by atoms with Crippen molar-refractivity contribution in [3.05, 3.63) is 30.1 Å². The Morgan fingerprint density at radius 1 is 1.61 bits per heavy atom. The number of carbonyl (C=O) groups excluding carboxylic acids is 1. The van der Waals surface area contributed by atoms with Gasteiger partial charge in [0.15, 0.2) is 5.60 Å². The van der Waals surface area contributed by atoms with Crippen LogP contribution in [0.1, 0.15) is 12.6 Å². The molecule has 1 aromatic heterocycles. The second kappa shape index (κ2) is 5.93. The highest BCUT2D eigenvalue weighted by Crippen LogP contribution is 2.12. The van der Waals surface area contributed by atoms with E-state index in [9.17, 15) is 4.79 Å². The van der Waals surface area contributed by atoms with Crippen LogP contribution in [-0.2, 0) is 16.0 Å². The van der Waals surface area contributed by atoms with Crippen LogP contribution in [0.4, 0.5) is 0 Å². The average molecular weight is 249 g/mol. The molecule has 0 spiro atoms. The van der Waals surface area contributed by atoms with Gasteiger partial charge in [-0.2, -0.15) is 0 Å². The lowest BCUT2D eigenvalue weighted by Crippen LogP contribution is -2.57. The van der Waals surface area contributed by atoms with Gasteiger partial charge in [0.25, 0.3) is 5.91 Å². The lowest BCUT2D eigenvalue weighted by molar-refractivity contribution is -0.147. The van der Waals surface area contributed by atoms with Crippen molar-refractivity contribution in [3.63, 3.8) is 0 Å². The van der Waals surface area contributed by atoms with Gasteiger partial charge in [0.1, 0.15) is 0 Å². The number of nitrogens with one attached hydrogen (secondary N) is 2. The van der Waals surface area contributed by atoms with Gasteiger partial charge in [-0.3, -0.25) is 9.78 Å². The van der Waals surface area contributed by atoms with E-state index in [1.807, 2.05) is 25.1 Å². The quantitative estimate of drug-likeness (QED) is 0.795. The Balaban J connectivity index is 1.78. The zero-order chi connectivity index (χ0) is 12.8. The Morgan fingerprint density at radius 2 is 2.50 bits per heavy atom. The fourth-order valence-electron chi connectivity index (χ4n) is 1.91. The number of rotatable bonds is 4. The summed E-state index contributed by atoms with van der Waals surface area (Å²) in [6.07, 6.45) is 2.49. The Hall–Kier alpha value is -1.46. The number of hydrogen-bond acceptors (Lipinski definition) is 4. The number of ether oxygens (including phenoxy) is 1.